The van der Waals surface area contributed by atoms with Crippen molar-refractivity contribution in [3.05, 3.63) is 84.4 Å². The van der Waals surface area contributed by atoms with Crippen LogP contribution in [0.4, 0.5) is 4.39 Å². The summed E-state index contributed by atoms with van der Waals surface area (Å²) in [5.74, 6) is -0.791. The van der Waals surface area contributed by atoms with Crippen molar-refractivity contribution in [2.45, 2.75) is 12.8 Å². The molecular weight excluding hydrogens is 451 g/mol. The standard InChI is InChI=1S/C23H19FN2O6S/c1-31-17-4-3-5-18(32-2)13(17)8-6-12-7-9-14(24)16(10-12)26-21(27)19-15(25-23(26)30)11-33-20(19)22(28)29/h3-5,7,9-11H,6,8H2,1-2H3,(H,25,30)(H,28,29). The van der Waals surface area contributed by atoms with Crippen LogP contribution in [0.3, 0.4) is 0 Å². The van der Waals surface area contributed by atoms with Crippen molar-refractivity contribution >= 4 is 28.2 Å². The molecule has 2 aromatic heterocycles. The van der Waals surface area contributed by atoms with Crippen LogP contribution in [-0.2, 0) is 12.8 Å². The van der Waals surface area contributed by atoms with Crippen molar-refractivity contribution in [3.63, 3.8) is 0 Å². The van der Waals surface area contributed by atoms with Gasteiger partial charge in [-0.25, -0.2) is 18.5 Å². The summed E-state index contributed by atoms with van der Waals surface area (Å²) < 4.78 is 26.2. The first-order valence-electron chi connectivity index (χ1n) is 9.84. The lowest BCUT2D eigenvalue weighted by atomic mass is 10.0. The molecule has 0 radical (unpaired) electrons. The predicted octanol–water partition coefficient (Wildman–Crippen LogP) is 3.38. The fourth-order valence-electron chi connectivity index (χ4n) is 3.74. The molecule has 0 aliphatic heterocycles. The number of aromatic amines is 1. The molecule has 0 unspecified atom stereocenters. The maximum atomic E-state index is 14.7. The van der Waals surface area contributed by atoms with Crippen molar-refractivity contribution in [1.82, 2.24) is 9.55 Å². The van der Waals surface area contributed by atoms with Crippen LogP contribution in [0.2, 0.25) is 0 Å². The lowest BCUT2D eigenvalue weighted by Crippen LogP contribution is -2.34. The molecule has 2 heterocycles. The number of H-pyrrole nitrogens is 1. The Kier molecular flexibility index (Phi) is 6.01. The number of nitrogens with zero attached hydrogens (tertiary/aromatic N) is 1. The van der Waals surface area contributed by atoms with Gasteiger partial charge in [0, 0.05) is 10.9 Å². The van der Waals surface area contributed by atoms with Crippen molar-refractivity contribution in [2.24, 2.45) is 0 Å². The van der Waals surface area contributed by atoms with E-state index in [1.165, 1.54) is 17.5 Å². The number of thiophene rings is 1. The van der Waals surface area contributed by atoms with E-state index in [1.54, 1.807) is 20.3 Å². The smallest absolute Gasteiger partial charge is 0.346 e. The van der Waals surface area contributed by atoms with Gasteiger partial charge in [-0.15, -0.1) is 11.3 Å². The van der Waals surface area contributed by atoms with Gasteiger partial charge in [-0.2, -0.15) is 0 Å². The second-order valence-corrected chi connectivity index (χ2v) is 8.04. The zero-order valence-corrected chi connectivity index (χ0v) is 18.5. The van der Waals surface area contributed by atoms with Crippen molar-refractivity contribution < 1.29 is 23.8 Å². The third kappa shape index (κ3) is 4.00. The molecule has 0 aliphatic rings. The summed E-state index contributed by atoms with van der Waals surface area (Å²) >= 11 is 0.817. The highest BCUT2D eigenvalue weighted by atomic mass is 32.1. The summed E-state index contributed by atoms with van der Waals surface area (Å²) in [6, 6.07) is 9.57. The van der Waals surface area contributed by atoms with E-state index in [9.17, 15) is 23.9 Å². The SMILES string of the molecule is COc1cccc(OC)c1CCc1ccc(F)c(-n2c(=O)[nH]c3csc(C(=O)O)c3c2=O)c1. The van der Waals surface area contributed by atoms with Gasteiger partial charge in [-0.1, -0.05) is 12.1 Å². The average molecular weight is 470 g/mol. The summed E-state index contributed by atoms with van der Waals surface area (Å²) in [6.07, 6.45) is 0.938. The first-order valence-corrected chi connectivity index (χ1v) is 10.7. The molecule has 0 saturated carbocycles. The largest absolute Gasteiger partial charge is 0.496 e. The lowest BCUT2D eigenvalue weighted by molar-refractivity contribution is 0.0704. The summed E-state index contributed by atoms with van der Waals surface area (Å²) in [5.41, 5.74) is -0.415. The molecule has 170 valence electrons. The molecule has 2 aromatic carbocycles. The van der Waals surface area contributed by atoms with E-state index < -0.39 is 23.0 Å². The van der Waals surface area contributed by atoms with Gasteiger partial charge in [-0.05, 0) is 42.7 Å². The molecule has 2 N–H and O–H groups in total. The Morgan fingerprint density at radius 1 is 1.12 bits per heavy atom. The Hall–Kier alpha value is -3.92. The van der Waals surface area contributed by atoms with Gasteiger partial charge in [0.2, 0.25) is 0 Å². The third-order valence-corrected chi connectivity index (χ3v) is 6.26. The molecule has 0 bridgehead atoms. The maximum Gasteiger partial charge on any atom is 0.346 e. The molecule has 33 heavy (non-hydrogen) atoms. The number of aromatic carboxylic acids is 1. The minimum absolute atomic E-state index is 0.100. The minimum atomic E-state index is -1.30. The number of aromatic nitrogens is 2. The fourth-order valence-corrected chi connectivity index (χ4v) is 4.57. The number of aryl methyl sites for hydroxylation is 1. The number of methoxy groups -OCH3 is 2. The van der Waals surface area contributed by atoms with Crippen LogP contribution < -0.4 is 20.7 Å². The highest BCUT2D eigenvalue weighted by Gasteiger charge is 2.20. The quantitative estimate of drug-likeness (QED) is 0.429. The van der Waals surface area contributed by atoms with E-state index in [0.717, 1.165) is 16.9 Å². The van der Waals surface area contributed by atoms with Crippen LogP contribution in [0.15, 0.2) is 51.4 Å². The first kappa shape index (κ1) is 22.3. The van der Waals surface area contributed by atoms with E-state index in [1.807, 2.05) is 18.2 Å². The van der Waals surface area contributed by atoms with Crippen LogP contribution in [0.1, 0.15) is 20.8 Å². The first-order chi connectivity index (χ1) is 15.8. The Labute approximate surface area is 190 Å². The van der Waals surface area contributed by atoms with Gasteiger partial charge in [0.05, 0.1) is 30.8 Å². The zero-order chi connectivity index (χ0) is 23.7. The summed E-state index contributed by atoms with van der Waals surface area (Å²) in [7, 11) is 3.11. The molecule has 0 atom stereocenters. The number of carboxylic acid groups (broad SMARTS) is 1. The van der Waals surface area contributed by atoms with Gasteiger partial charge < -0.3 is 19.6 Å². The fraction of sp³-hybridized carbons (Fsp3) is 0.174. The van der Waals surface area contributed by atoms with Gasteiger partial charge in [-0.3, -0.25) is 4.79 Å². The molecule has 10 heteroatoms. The highest BCUT2D eigenvalue weighted by molar-refractivity contribution is 7.13. The number of carboxylic acids is 1. The Balaban J connectivity index is 1.78. The van der Waals surface area contributed by atoms with Gasteiger partial charge in [0.25, 0.3) is 5.56 Å². The number of benzene rings is 2. The normalized spacial score (nSPS) is 11.0. The second kappa shape index (κ2) is 8.91. The third-order valence-electron chi connectivity index (χ3n) is 5.29. The average Bonchev–Trinajstić information content (AvgIpc) is 3.23. The highest BCUT2D eigenvalue weighted by Crippen LogP contribution is 2.30. The van der Waals surface area contributed by atoms with Crippen LogP contribution in [0.25, 0.3) is 16.6 Å². The minimum Gasteiger partial charge on any atom is -0.496 e. The number of halogens is 1. The number of rotatable bonds is 7. The van der Waals surface area contributed by atoms with Crippen molar-refractivity contribution in [2.75, 3.05) is 14.2 Å². The van der Waals surface area contributed by atoms with Crippen LogP contribution >= 0.6 is 11.3 Å². The maximum absolute atomic E-state index is 14.7. The Morgan fingerprint density at radius 2 is 1.82 bits per heavy atom. The van der Waals surface area contributed by atoms with Crippen LogP contribution in [0, 0.1) is 5.82 Å². The van der Waals surface area contributed by atoms with Crippen LogP contribution in [-0.4, -0.2) is 34.8 Å². The van der Waals surface area contributed by atoms with Gasteiger partial charge in [0.15, 0.2) is 0 Å². The Morgan fingerprint density at radius 3 is 2.45 bits per heavy atom. The second-order valence-electron chi connectivity index (χ2n) is 7.16. The van der Waals surface area contributed by atoms with Crippen molar-refractivity contribution in [3.8, 4) is 17.2 Å². The zero-order valence-electron chi connectivity index (χ0n) is 17.7. The van der Waals surface area contributed by atoms with Crippen molar-refractivity contribution in [1.29, 1.82) is 0 Å². The number of hydrogen-bond donors (Lipinski definition) is 2. The number of fused-ring (bicyclic) bond motifs is 1. The molecule has 0 saturated heterocycles. The van der Waals surface area contributed by atoms with Gasteiger partial charge in [0.1, 0.15) is 22.2 Å². The van der Waals surface area contributed by atoms with E-state index in [4.69, 9.17) is 9.47 Å². The summed E-state index contributed by atoms with van der Waals surface area (Å²) in [5, 5.41) is 10.6. The molecule has 8 nitrogen and oxygen atoms in total. The topological polar surface area (TPSA) is 111 Å². The van der Waals surface area contributed by atoms with E-state index in [2.05, 4.69) is 4.98 Å². The molecular formula is C23H19FN2O6S. The predicted molar refractivity (Wildman–Crippen MR) is 122 cm³/mol. The molecule has 0 aliphatic carbocycles. The molecule has 0 fully saturated rings. The van der Waals surface area contributed by atoms with Gasteiger partial charge >= 0.3 is 11.7 Å². The molecule has 0 amide bonds. The lowest BCUT2D eigenvalue weighted by Gasteiger charge is -2.13. The van der Waals surface area contributed by atoms with E-state index >= 15 is 0 Å². The number of nitrogens with one attached hydrogen (secondary N) is 1. The van der Waals surface area contributed by atoms with E-state index in [-0.39, 0.29) is 21.5 Å². The number of carbonyl (C=O) groups is 1. The Bertz CT molecular complexity index is 1460. The molecule has 0 spiro atoms. The monoisotopic (exact) mass is 470 g/mol. The number of hydrogen-bond acceptors (Lipinski definition) is 6. The van der Waals surface area contributed by atoms with E-state index in [0.29, 0.717) is 34.5 Å². The summed E-state index contributed by atoms with van der Waals surface area (Å²) in [4.78, 5) is 39.4. The van der Waals surface area contributed by atoms with Crippen LogP contribution in [0.5, 0.6) is 11.5 Å². The molecule has 4 rings (SSSR count). The number of ether oxygens (including phenoxy) is 2. The molecule has 4 aromatic rings. The summed E-state index contributed by atoms with van der Waals surface area (Å²) in [6.45, 7) is 0.